The zero-order chi connectivity index (χ0) is 33.2. The number of fused-ring (bicyclic) bond motifs is 10. The molecule has 0 amide bonds. The molecule has 0 aromatic carbocycles. The monoisotopic (exact) mass is 742 g/mol. The molecule has 4 aromatic rings. The summed E-state index contributed by atoms with van der Waals surface area (Å²) in [4.78, 5) is 39.6. The van der Waals surface area contributed by atoms with Gasteiger partial charge in [0.15, 0.2) is 42.9 Å². The zero-order valence-electron chi connectivity index (χ0n) is 24.6. The van der Waals surface area contributed by atoms with Crippen molar-refractivity contribution in [2.45, 2.75) is 74.9 Å². The van der Waals surface area contributed by atoms with Gasteiger partial charge in [0.1, 0.15) is 54.8 Å². The molecule has 2 unspecified atom stereocenters. The normalized spacial score (nSPS) is 38.3. The lowest BCUT2D eigenvalue weighted by molar-refractivity contribution is -0.217. The van der Waals surface area contributed by atoms with Crippen LogP contribution in [-0.2, 0) is 69.0 Å². The first kappa shape index (κ1) is 32.8. The first-order valence-electron chi connectivity index (χ1n) is 14.9. The Morgan fingerprint density at radius 1 is 0.792 bits per heavy atom. The molecule has 4 aromatic heterocycles. The number of allylic oxidation sites excluding steroid dienone is 2. The van der Waals surface area contributed by atoms with Crippen molar-refractivity contribution in [1.29, 1.82) is 0 Å². The van der Waals surface area contributed by atoms with Gasteiger partial charge in [0.25, 0.3) is 0 Å². The van der Waals surface area contributed by atoms with Crippen LogP contribution >= 0.6 is 13.5 Å². The van der Waals surface area contributed by atoms with E-state index >= 15 is 8.78 Å². The molecular weight excluding hydrogens is 716 g/mol. The Kier molecular flexibility index (Phi) is 8.73. The number of alkyl halides is 2. The van der Waals surface area contributed by atoms with Gasteiger partial charge in [-0.2, -0.15) is 0 Å². The molecule has 22 heteroatoms. The van der Waals surface area contributed by atoms with E-state index in [1.165, 1.54) is 34.4 Å². The van der Waals surface area contributed by atoms with Crippen LogP contribution in [0.2, 0.25) is 0 Å². The Balaban J connectivity index is 1.21. The van der Waals surface area contributed by atoms with Gasteiger partial charge in [-0.25, -0.2) is 38.7 Å². The van der Waals surface area contributed by atoms with Crippen LogP contribution in [0, 0.1) is 0 Å². The quantitative estimate of drug-likeness (QED) is 0.145. The summed E-state index contributed by atoms with van der Waals surface area (Å²) in [6.07, 6.45) is -1.11. The second kappa shape index (κ2) is 12.8. The first-order chi connectivity index (χ1) is 23.1. The van der Waals surface area contributed by atoms with Crippen LogP contribution in [0.15, 0.2) is 37.5 Å². The number of rotatable bonds is 0. The summed E-state index contributed by atoms with van der Waals surface area (Å²) < 4.78 is 82.4. The van der Waals surface area contributed by atoms with Gasteiger partial charge in [0.05, 0.1) is 37.3 Å². The molecule has 48 heavy (non-hydrogen) atoms. The number of imidazole rings is 2. The smallest absolute Gasteiger partial charge is 0.200 e. The van der Waals surface area contributed by atoms with E-state index in [1.54, 1.807) is 0 Å². The van der Waals surface area contributed by atoms with Gasteiger partial charge in [-0.05, 0) is 25.7 Å². The van der Waals surface area contributed by atoms with E-state index in [0.29, 0.717) is 48.1 Å². The van der Waals surface area contributed by atoms with Crippen LogP contribution in [0.25, 0.3) is 22.3 Å². The van der Waals surface area contributed by atoms with E-state index in [0.717, 1.165) is 0 Å². The third-order valence-electron chi connectivity index (χ3n) is 8.51. The van der Waals surface area contributed by atoms with Crippen LogP contribution in [-0.4, -0.2) is 89.0 Å². The predicted molar refractivity (Wildman–Crippen MR) is 165 cm³/mol. The number of hydrogen-bond donors (Lipinski definition) is 0. The number of aromatic nitrogens is 8. The highest BCUT2D eigenvalue weighted by molar-refractivity contribution is 8.32. The van der Waals surface area contributed by atoms with E-state index in [2.05, 4.69) is 29.9 Å². The van der Waals surface area contributed by atoms with Gasteiger partial charge in [-0.15, -0.1) is 0 Å². The van der Waals surface area contributed by atoms with E-state index in [9.17, 15) is 9.46 Å². The Morgan fingerprint density at radius 2 is 1.29 bits per heavy atom. The first-order valence-corrected chi connectivity index (χ1v) is 20.0. The highest BCUT2D eigenvalue weighted by Gasteiger charge is 2.52. The number of nitrogens with zero attached hydrogens (tertiary/aromatic N) is 8. The fourth-order valence-corrected chi connectivity index (χ4v) is 9.10. The molecule has 0 spiro atoms. The summed E-state index contributed by atoms with van der Waals surface area (Å²) in [5, 5.41) is 0. The van der Waals surface area contributed by atoms with Crippen LogP contribution in [0.4, 0.5) is 8.78 Å². The molecule has 0 saturated carbocycles. The van der Waals surface area contributed by atoms with Gasteiger partial charge < -0.3 is 44.7 Å². The molecule has 0 aliphatic carbocycles. The topological polar surface area (TPSA) is 183 Å². The molecule has 3 saturated heterocycles. The lowest BCUT2D eigenvalue weighted by Crippen LogP contribution is -2.38. The maximum Gasteiger partial charge on any atom is 0.200 e. The highest BCUT2D eigenvalue weighted by Crippen LogP contribution is 2.54. The molecule has 16 nitrogen and oxygen atoms in total. The van der Waals surface area contributed by atoms with Crippen LogP contribution in [0.3, 0.4) is 0 Å². The third kappa shape index (κ3) is 6.04. The highest BCUT2D eigenvalue weighted by atomic mass is 32.7. The molecule has 5 aliphatic rings. The Bertz CT molecular complexity index is 1850. The van der Waals surface area contributed by atoms with E-state index in [-0.39, 0.29) is 11.3 Å². The summed E-state index contributed by atoms with van der Waals surface area (Å²) in [6.45, 7) is -10.3. The van der Waals surface area contributed by atoms with E-state index in [4.69, 9.17) is 51.6 Å². The Hall–Kier alpha value is -2.35. The van der Waals surface area contributed by atoms with Crippen molar-refractivity contribution in [3.05, 3.63) is 48.8 Å². The van der Waals surface area contributed by atoms with Crippen LogP contribution in [0.1, 0.15) is 36.7 Å². The molecule has 256 valence electrons. The van der Waals surface area contributed by atoms with E-state index < -0.39 is 75.9 Å². The van der Waals surface area contributed by atoms with Gasteiger partial charge >= 0.3 is 0 Å². The van der Waals surface area contributed by atoms with Gasteiger partial charge in [0, 0.05) is 0 Å². The van der Waals surface area contributed by atoms with Crippen molar-refractivity contribution in [3.8, 4) is 0 Å². The minimum absolute atomic E-state index is 0.278. The number of hydrogen-bond acceptors (Lipinski definition) is 16. The predicted octanol–water partition coefficient (Wildman–Crippen LogP) is 2.63. The lowest BCUT2D eigenvalue weighted by atomic mass is 10.1. The standard InChI is InChI=1S/C26H28F2N8O8P2S2/c27-17-21-15-7-39-46(38,48)44-22-16(8-40-45(37,47)43-21)42-26(18(22)28)36-12-34-20-14(30-10-32-24(20)36)6-4-2-1-3-5-13-19-23(31-9-29-13)35(11-33-19)25(17)41-15/h1-2,9-12,15-18,21-22,25-26H,3-8H2,(H,37,47)(H,38,48)/p-2/b2-1+/t15-,16-,17-,18-,21-,22-,25-,26-,45?,46?/m1/s1. The fourth-order valence-electron chi connectivity index (χ4n) is 6.26. The molecule has 10 atom stereocenters. The van der Waals surface area contributed by atoms with Crippen molar-refractivity contribution in [1.82, 2.24) is 39.0 Å². The summed E-state index contributed by atoms with van der Waals surface area (Å²) in [5.41, 5.74) is 2.69. The molecule has 0 N–H and O–H groups in total. The van der Waals surface area contributed by atoms with Gasteiger partial charge in [0.2, 0.25) is 0 Å². The number of halogens is 2. The van der Waals surface area contributed by atoms with Crippen molar-refractivity contribution in [2.24, 2.45) is 0 Å². The minimum Gasteiger partial charge on any atom is -0.780 e. The number of aryl methyl sites for hydroxylation is 2. The third-order valence-corrected chi connectivity index (χ3v) is 11.6. The molecule has 0 radical (unpaired) electrons. The lowest BCUT2D eigenvalue weighted by Gasteiger charge is -2.36. The van der Waals surface area contributed by atoms with Gasteiger partial charge in [-0.3, -0.25) is 13.7 Å². The summed E-state index contributed by atoms with van der Waals surface area (Å²) >= 11 is 10.2. The van der Waals surface area contributed by atoms with Crippen molar-refractivity contribution < 1.29 is 45.8 Å². The zero-order valence-corrected chi connectivity index (χ0v) is 28.1. The molecule has 3 fully saturated rings. The summed E-state index contributed by atoms with van der Waals surface area (Å²) in [6, 6.07) is 0. The molecule has 9 heterocycles. The Morgan fingerprint density at radius 3 is 1.83 bits per heavy atom. The average molecular weight is 743 g/mol. The van der Waals surface area contributed by atoms with Gasteiger partial charge in [-0.1, -0.05) is 24.0 Å². The largest absolute Gasteiger partial charge is 0.780 e. The van der Waals surface area contributed by atoms with Crippen LogP contribution in [0.5, 0.6) is 0 Å². The van der Waals surface area contributed by atoms with Crippen LogP contribution < -0.4 is 4.89 Å². The van der Waals surface area contributed by atoms with Crippen molar-refractivity contribution in [3.63, 3.8) is 0 Å². The van der Waals surface area contributed by atoms with Crippen molar-refractivity contribution in [2.75, 3.05) is 13.2 Å². The average Bonchev–Trinajstić information content (AvgIpc) is 3.81. The molecule has 9 rings (SSSR count). The SMILES string of the molecule is O=P1([S-])OC[C@H]2O[C@@H]3[C@H](F)[C@@H]2OP([O-])(=S)OC[C@H]2O[C@H]([C@H](F)[C@@H]2O1)n1cnc2c(ncnc21)CC/C=C/CCc1ncnc2c1ncn23. The molecule has 5 aliphatic heterocycles. The molecule has 14 bridgehead atoms. The second-order valence-electron chi connectivity index (χ2n) is 11.5. The molecular formula is C26H26F2N8O8P2S2-2. The maximum absolute atomic E-state index is 16.2. The Labute approximate surface area is 281 Å². The maximum atomic E-state index is 16.2. The number of ether oxygens (including phenoxy) is 2. The summed E-state index contributed by atoms with van der Waals surface area (Å²) in [7, 11) is 0. The second-order valence-corrected chi connectivity index (χ2v) is 16.9. The summed E-state index contributed by atoms with van der Waals surface area (Å²) in [5.74, 6) is 0. The van der Waals surface area contributed by atoms with Crippen molar-refractivity contribution >= 4 is 59.9 Å². The fraction of sp³-hybridized carbons (Fsp3) is 0.538. The van der Waals surface area contributed by atoms with E-state index in [1.807, 2.05) is 12.2 Å². The minimum atomic E-state index is -4.48.